The number of methoxy groups -OCH3 is 2. The van der Waals surface area contributed by atoms with Crippen molar-refractivity contribution in [1.29, 1.82) is 0 Å². The fourth-order valence-corrected chi connectivity index (χ4v) is 13.1. The van der Waals surface area contributed by atoms with E-state index in [0.717, 1.165) is 0 Å². The summed E-state index contributed by atoms with van der Waals surface area (Å²) in [7, 11) is 2.69. The van der Waals surface area contributed by atoms with Gasteiger partial charge >= 0.3 is 0 Å². The largest absolute Gasteiger partial charge is 0.393 e. The van der Waals surface area contributed by atoms with Gasteiger partial charge in [-0.25, -0.2) is 0 Å². The Labute approximate surface area is 368 Å². The smallest absolute Gasteiger partial charge is 0.187 e. The predicted octanol–water partition coefficient (Wildman–Crippen LogP) is -2.09. The molecule has 7 aliphatic rings. The van der Waals surface area contributed by atoms with Gasteiger partial charge in [0, 0.05) is 26.1 Å². The van der Waals surface area contributed by atoms with Gasteiger partial charge in [-0.2, -0.15) is 0 Å². The molecule has 3 heterocycles. The summed E-state index contributed by atoms with van der Waals surface area (Å²) >= 11 is 0. The minimum absolute atomic E-state index is 0.101. The number of rotatable bonds is 13. The van der Waals surface area contributed by atoms with Gasteiger partial charge in [0.1, 0.15) is 66.6 Å². The summed E-state index contributed by atoms with van der Waals surface area (Å²) in [5.74, 6) is -2.74. The third-order valence-electron chi connectivity index (χ3n) is 16.5. The number of allylic oxidation sites excluding steroid dienone is 1. The monoisotopic (exact) mass is 906 g/mol. The van der Waals surface area contributed by atoms with Crippen LogP contribution in [-0.4, -0.2) is 206 Å². The highest BCUT2D eigenvalue weighted by atomic mass is 16.7. The fraction of sp³-hybridized carbons (Fsp3) is 0.955. The summed E-state index contributed by atoms with van der Waals surface area (Å²) in [6.07, 6.45) is -15.1. The Kier molecular flexibility index (Phi) is 15.2. The van der Waals surface area contributed by atoms with Crippen LogP contribution in [0.15, 0.2) is 12.2 Å². The molecule has 0 aromatic heterocycles. The molecule has 0 aromatic carbocycles. The molecule has 19 nitrogen and oxygen atoms in total. The summed E-state index contributed by atoms with van der Waals surface area (Å²) in [6.45, 7) is 9.24. The van der Waals surface area contributed by atoms with Gasteiger partial charge in [-0.1, -0.05) is 46.8 Å². The molecule has 63 heavy (non-hydrogen) atoms. The average Bonchev–Trinajstić information content (AvgIpc) is 3.67. The SMILES string of the molecule is CO[C@H]1[C@H](OC[C@@H]2O[C@@H](O[C@@H](/C=C/[C@@H](C)[C@H]3C[C@@H](O)[C@@H]4[C@]3(C)CC[C@@H]3[C@@]5(C)CC[C@H](O[C@@H]6OC[C@@H](O)[C@H](O)[C@H]6OC)[C@H](O)[C@@H]5[C@@H](O)[C@@H](O)[C@]34O)C(C)C)[C@H](O)[C@H]2O)OC[C@@H](O)[C@@H]1O. The predicted molar refractivity (Wildman–Crippen MR) is 217 cm³/mol. The molecule has 11 N–H and O–H groups in total. The molecule has 3 aliphatic heterocycles. The van der Waals surface area contributed by atoms with E-state index in [1.54, 1.807) is 0 Å². The highest BCUT2D eigenvalue weighted by Crippen LogP contribution is 2.70. The Hall–Kier alpha value is -1.02. The van der Waals surface area contributed by atoms with Crippen LogP contribution in [0.5, 0.6) is 0 Å². The van der Waals surface area contributed by atoms with Crippen LogP contribution in [0.2, 0.25) is 0 Å². The lowest BCUT2D eigenvalue weighted by Crippen LogP contribution is -2.77. The first-order chi connectivity index (χ1) is 29.6. The Balaban J connectivity index is 1.01. The molecule has 0 radical (unpaired) electrons. The molecule has 0 aromatic rings. The second-order valence-electron chi connectivity index (χ2n) is 20.4. The Morgan fingerprint density at radius 1 is 0.683 bits per heavy atom. The van der Waals surface area contributed by atoms with Crippen molar-refractivity contribution in [2.75, 3.05) is 34.0 Å². The lowest BCUT2D eigenvalue weighted by Gasteiger charge is -2.68. The van der Waals surface area contributed by atoms with Crippen molar-refractivity contribution in [1.82, 2.24) is 0 Å². The zero-order valence-corrected chi connectivity index (χ0v) is 37.4. The van der Waals surface area contributed by atoms with Crippen LogP contribution in [0.1, 0.15) is 66.7 Å². The van der Waals surface area contributed by atoms with E-state index in [4.69, 9.17) is 37.9 Å². The van der Waals surface area contributed by atoms with Crippen LogP contribution in [0, 0.1) is 46.3 Å². The van der Waals surface area contributed by atoms with Crippen molar-refractivity contribution in [3.05, 3.63) is 12.2 Å². The highest BCUT2D eigenvalue weighted by Gasteiger charge is 2.75. The second kappa shape index (κ2) is 19.2. The molecule has 0 amide bonds. The van der Waals surface area contributed by atoms with Crippen LogP contribution in [0.4, 0.5) is 0 Å². The Morgan fingerprint density at radius 3 is 1.90 bits per heavy atom. The number of hydrogen-bond donors (Lipinski definition) is 11. The molecule has 0 spiro atoms. The molecular weight excluding hydrogens is 832 g/mol. The lowest BCUT2D eigenvalue weighted by molar-refractivity contribution is -0.339. The molecule has 0 unspecified atom stereocenters. The average molecular weight is 907 g/mol. The zero-order valence-electron chi connectivity index (χ0n) is 37.4. The van der Waals surface area contributed by atoms with E-state index in [1.165, 1.54) is 14.2 Å². The summed E-state index contributed by atoms with van der Waals surface area (Å²) in [5.41, 5.74) is -3.44. The summed E-state index contributed by atoms with van der Waals surface area (Å²) < 4.78 is 45.8. The maximum absolute atomic E-state index is 12.9. The first-order valence-electron chi connectivity index (χ1n) is 22.7. The van der Waals surface area contributed by atoms with E-state index in [9.17, 15) is 56.2 Å². The molecule has 0 bridgehead atoms. The van der Waals surface area contributed by atoms with Crippen LogP contribution < -0.4 is 0 Å². The van der Waals surface area contributed by atoms with Gasteiger partial charge in [0.25, 0.3) is 0 Å². The highest BCUT2D eigenvalue weighted by molar-refractivity contribution is 5.24. The van der Waals surface area contributed by atoms with Gasteiger partial charge in [0.15, 0.2) is 18.9 Å². The van der Waals surface area contributed by atoms with E-state index in [1.807, 2.05) is 46.8 Å². The molecule has 7 rings (SSSR count). The number of ether oxygens (including phenoxy) is 8. The van der Waals surface area contributed by atoms with E-state index >= 15 is 0 Å². The Morgan fingerprint density at radius 2 is 1.29 bits per heavy atom. The molecule has 26 atom stereocenters. The van der Waals surface area contributed by atoms with Gasteiger partial charge in [0.05, 0.1) is 50.3 Å². The number of aliphatic hydroxyl groups excluding tert-OH is 10. The van der Waals surface area contributed by atoms with Crippen LogP contribution in [0.3, 0.4) is 0 Å². The molecule has 7 fully saturated rings. The van der Waals surface area contributed by atoms with E-state index in [0.29, 0.717) is 32.1 Å². The van der Waals surface area contributed by atoms with Crippen molar-refractivity contribution in [3.63, 3.8) is 0 Å². The first kappa shape index (κ1) is 49.9. The summed E-state index contributed by atoms with van der Waals surface area (Å²) in [6, 6.07) is 0. The second-order valence-corrected chi connectivity index (χ2v) is 20.4. The molecule has 364 valence electrons. The lowest BCUT2D eigenvalue weighted by atomic mass is 9.40. The third kappa shape index (κ3) is 8.61. The fourth-order valence-electron chi connectivity index (χ4n) is 13.1. The molecule has 19 heteroatoms. The minimum Gasteiger partial charge on any atom is -0.393 e. The molecular formula is C44H74O19. The summed E-state index contributed by atoms with van der Waals surface area (Å²) in [5, 5.41) is 123. The molecule has 3 saturated heterocycles. The topological polar surface area (TPSA) is 296 Å². The van der Waals surface area contributed by atoms with Crippen molar-refractivity contribution in [2.45, 2.75) is 183 Å². The maximum atomic E-state index is 12.9. The standard InChI is InChI=1S/C44H74O19/c1-18(2)24(61-39-34(53)32(51)26(63-39)17-60-40-35(56-6)29(48)22(46)15-58-40)9-8-19(3)20-14-21(45)37-42(20,4)13-11-27-43(5)12-10-25(31(50)28(43)33(52)38(54)44(27,37)55)62-41-36(57-7)30(49)23(47)16-59-41/h8-9,18-41,45-55H,10-17H2,1-7H3/b9-8+/t19-,20-,21-,22-,23-,24+,25+,26+,27-,28-,29+,30+,31+,32+,33-,34-,35-,36-,37-,38-,39-,40+,41+,42-,43-,44+/m1/s1. The minimum atomic E-state index is -1.90. The first-order valence-corrected chi connectivity index (χ1v) is 22.7. The van der Waals surface area contributed by atoms with E-state index in [-0.39, 0.29) is 37.6 Å². The van der Waals surface area contributed by atoms with Crippen LogP contribution >= 0.6 is 0 Å². The van der Waals surface area contributed by atoms with Gasteiger partial charge in [-0.05, 0) is 66.6 Å². The van der Waals surface area contributed by atoms with E-state index in [2.05, 4.69) is 0 Å². The van der Waals surface area contributed by atoms with Crippen molar-refractivity contribution in [3.8, 4) is 0 Å². The van der Waals surface area contributed by atoms with Crippen molar-refractivity contribution < 1.29 is 94.1 Å². The van der Waals surface area contributed by atoms with Gasteiger partial charge < -0.3 is 94.1 Å². The number of aliphatic hydroxyl groups is 11. The quantitative estimate of drug-likeness (QED) is 0.0698. The molecule has 4 aliphatic carbocycles. The number of fused-ring (bicyclic) bond motifs is 5. The zero-order chi connectivity index (χ0) is 46.1. The summed E-state index contributed by atoms with van der Waals surface area (Å²) in [4.78, 5) is 0. The third-order valence-corrected chi connectivity index (χ3v) is 16.5. The normalized spacial score (nSPS) is 53.6. The van der Waals surface area contributed by atoms with Gasteiger partial charge in [0.2, 0.25) is 0 Å². The maximum Gasteiger partial charge on any atom is 0.187 e. The van der Waals surface area contributed by atoms with Crippen LogP contribution in [-0.2, 0) is 37.9 Å². The van der Waals surface area contributed by atoms with Crippen molar-refractivity contribution in [2.24, 2.45) is 46.3 Å². The van der Waals surface area contributed by atoms with Crippen LogP contribution in [0.25, 0.3) is 0 Å². The van der Waals surface area contributed by atoms with E-state index < -0.39 is 145 Å². The molecule has 4 saturated carbocycles. The van der Waals surface area contributed by atoms with Gasteiger partial charge in [-0.15, -0.1) is 0 Å². The Bertz CT molecular complexity index is 1560. The van der Waals surface area contributed by atoms with Crippen molar-refractivity contribution >= 4 is 0 Å². The van der Waals surface area contributed by atoms with Gasteiger partial charge in [-0.3, -0.25) is 0 Å². The number of hydrogen-bond acceptors (Lipinski definition) is 19.